The van der Waals surface area contributed by atoms with Gasteiger partial charge in [-0.15, -0.1) is 0 Å². The van der Waals surface area contributed by atoms with Gasteiger partial charge in [-0.1, -0.05) is 32.1 Å². The van der Waals surface area contributed by atoms with Gasteiger partial charge in [-0.2, -0.15) is 0 Å². The van der Waals surface area contributed by atoms with Gasteiger partial charge in [0.2, 0.25) is 0 Å². The zero-order valence-corrected chi connectivity index (χ0v) is 21.0. The SMILES string of the molecule is C1CC2CC3CCC4CCC5CC6CCC7CCCC8C9CC(C1)C2C1C3C4C5C(C6C78)C91. The number of rotatable bonds is 0. The van der Waals surface area contributed by atoms with Gasteiger partial charge in [-0.3, -0.25) is 0 Å². The zero-order chi connectivity index (χ0) is 21.0. The molecule has 10 aliphatic rings. The lowest BCUT2D eigenvalue weighted by molar-refractivity contribution is -0.292. The van der Waals surface area contributed by atoms with Gasteiger partial charge in [-0.25, -0.2) is 0 Å². The first-order valence-electron chi connectivity index (χ1n) is 16.4. The van der Waals surface area contributed by atoms with Crippen molar-refractivity contribution in [2.24, 2.45) is 107 Å². The molecule has 10 saturated carbocycles. The van der Waals surface area contributed by atoms with E-state index in [0.29, 0.717) is 0 Å². The first-order chi connectivity index (χ1) is 16.4. The molecule has 0 aromatic rings. The summed E-state index contributed by atoms with van der Waals surface area (Å²) in [7, 11) is 0. The highest BCUT2D eigenvalue weighted by atomic mass is 14.8. The second-order valence-electron chi connectivity index (χ2n) is 16.1. The minimum Gasteiger partial charge on any atom is -0.0528 e. The molecule has 10 rings (SSSR count). The third-order valence-corrected chi connectivity index (χ3v) is 16.1. The highest BCUT2D eigenvalue weighted by Gasteiger charge is 2.72. The van der Waals surface area contributed by atoms with Crippen LogP contribution in [0.4, 0.5) is 0 Å². The third kappa shape index (κ3) is 2.18. The Morgan fingerprint density at radius 2 is 0.697 bits per heavy atom. The Bertz CT molecular complexity index is 841. The lowest BCUT2D eigenvalue weighted by Gasteiger charge is -2.77. The average Bonchev–Trinajstić information content (AvgIpc) is 2.86. The molecular weight excluding hydrogens is 396 g/mol. The van der Waals surface area contributed by atoms with E-state index in [0.717, 1.165) is 0 Å². The molecule has 18 unspecified atom stereocenters. The van der Waals surface area contributed by atoms with Crippen LogP contribution in [0.1, 0.15) is 96.3 Å². The summed E-state index contributed by atoms with van der Waals surface area (Å²) in [5, 5.41) is 0. The normalized spacial score (nSPS) is 69.8. The molecule has 10 fully saturated rings. The Balaban J connectivity index is 1.20. The van der Waals surface area contributed by atoms with Gasteiger partial charge < -0.3 is 0 Å². The van der Waals surface area contributed by atoms with Crippen molar-refractivity contribution in [2.45, 2.75) is 96.3 Å². The van der Waals surface area contributed by atoms with E-state index in [1.165, 1.54) is 107 Å². The van der Waals surface area contributed by atoms with Crippen molar-refractivity contribution >= 4 is 0 Å². The van der Waals surface area contributed by atoms with Gasteiger partial charge in [0.05, 0.1) is 0 Å². The van der Waals surface area contributed by atoms with Gasteiger partial charge in [0, 0.05) is 0 Å². The van der Waals surface area contributed by atoms with Crippen LogP contribution in [0.5, 0.6) is 0 Å². The van der Waals surface area contributed by atoms with Crippen LogP contribution in [0.3, 0.4) is 0 Å². The van der Waals surface area contributed by atoms with E-state index in [9.17, 15) is 0 Å². The summed E-state index contributed by atoms with van der Waals surface area (Å²) in [6, 6.07) is 0. The zero-order valence-electron chi connectivity index (χ0n) is 21.0. The molecule has 10 aliphatic carbocycles. The summed E-state index contributed by atoms with van der Waals surface area (Å²) in [4.78, 5) is 0. The summed E-state index contributed by atoms with van der Waals surface area (Å²) >= 11 is 0. The van der Waals surface area contributed by atoms with E-state index in [1.54, 1.807) is 96.3 Å². The molecule has 0 aromatic heterocycles. The van der Waals surface area contributed by atoms with Crippen LogP contribution in [0.2, 0.25) is 0 Å². The second kappa shape index (κ2) is 6.46. The molecule has 33 heavy (non-hydrogen) atoms. The minimum absolute atomic E-state index is 1.17. The van der Waals surface area contributed by atoms with Crippen LogP contribution in [0, 0.1) is 107 Å². The van der Waals surface area contributed by atoms with E-state index in [1.807, 2.05) is 0 Å². The lowest BCUT2D eigenvalue weighted by Crippen LogP contribution is -2.72. The topological polar surface area (TPSA) is 0 Å². The molecule has 0 nitrogen and oxygen atoms in total. The fraction of sp³-hybridized carbons (Fsp3) is 1.00. The number of hydrogen-bond donors (Lipinski definition) is 0. The first kappa shape index (κ1) is 19.2. The molecule has 0 saturated heterocycles. The monoisotopic (exact) mass is 444 g/mol. The molecule has 0 spiro atoms. The molecule has 0 aliphatic heterocycles. The van der Waals surface area contributed by atoms with Crippen molar-refractivity contribution in [1.29, 1.82) is 0 Å². The van der Waals surface area contributed by atoms with E-state index < -0.39 is 0 Å². The van der Waals surface area contributed by atoms with E-state index in [-0.39, 0.29) is 0 Å². The van der Waals surface area contributed by atoms with Crippen LogP contribution >= 0.6 is 0 Å². The Labute approximate surface area is 202 Å². The molecule has 0 radical (unpaired) electrons. The number of hydrogen-bond acceptors (Lipinski definition) is 0. The predicted octanol–water partition coefficient (Wildman–Crippen LogP) is 8.07. The van der Waals surface area contributed by atoms with Crippen molar-refractivity contribution < 1.29 is 0 Å². The van der Waals surface area contributed by atoms with Gasteiger partial charge >= 0.3 is 0 Å². The smallest absolute Gasteiger partial charge is 0.0312 e. The maximum Gasteiger partial charge on any atom is -0.0312 e. The van der Waals surface area contributed by atoms with E-state index >= 15 is 0 Å². The Morgan fingerprint density at radius 1 is 0.242 bits per heavy atom. The Hall–Kier alpha value is 0. The fourth-order valence-electron chi connectivity index (χ4n) is 16.2. The summed E-state index contributed by atoms with van der Waals surface area (Å²) < 4.78 is 0. The Kier molecular flexibility index (Phi) is 3.75. The van der Waals surface area contributed by atoms with Gasteiger partial charge in [0.1, 0.15) is 0 Å². The summed E-state index contributed by atoms with van der Waals surface area (Å²) in [6.45, 7) is 0. The van der Waals surface area contributed by atoms with Crippen molar-refractivity contribution in [2.75, 3.05) is 0 Å². The summed E-state index contributed by atoms with van der Waals surface area (Å²) in [5.74, 6) is 21.6. The molecule has 180 valence electrons. The molecule has 0 heterocycles. The fourth-order valence-corrected chi connectivity index (χ4v) is 16.2. The van der Waals surface area contributed by atoms with Crippen LogP contribution in [-0.2, 0) is 0 Å². The Morgan fingerprint density at radius 3 is 1.42 bits per heavy atom. The maximum absolute atomic E-state index is 1.73. The van der Waals surface area contributed by atoms with Crippen molar-refractivity contribution in [3.8, 4) is 0 Å². The summed E-state index contributed by atoms with van der Waals surface area (Å²) in [5.41, 5.74) is 0. The van der Waals surface area contributed by atoms with Crippen LogP contribution in [-0.4, -0.2) is 0 Å². The summed E-state index contributed by atoms with van der Waals surface area (Å²) in [6.07, 6.45) is 24.9. The molecule has 0 bridgehead atoms. The highest BCUT2D eigenvalue weighted by molar-refractivity contribution is 5.20. The third-order valence-electron chi connectivity index (χ3n) is 16.1. The van der Waals surface area contributed by atoms with E-state index in [4.69, 9.17) is 0 Å². The lowest BCUT2D eigenvalue weighted by atomic mass is 9.28. The van der Waals surface area contributed by atoms with Crippen molar-refractivity contribution in [3.05, 3.63) is 0 Å². The predicted molar refractivity (Wildman–Crippen MR) is 132 cm³/mol. The van der Waals surface area contributed by atoms with Crippen LogP contribution in [0.15, 0.2) is 0 Å². The van der Waals surface area contributed by atoms with Crippen molar-refractivity contribution in [3.63, 3.8) is 0 Å². The molecule has 0 heteroatoms. The first-order valence-corrected chi connectivity index (χ1v) is 16.4. The largest absolute Gasteiger partial charge is 0.0528 e. The van der Waals surface area contributed by atoms with E-state index in [2.05, 4.69) is 0 Å². The van der Waals surface area contributed by atoms with Crippen molar-refractivity contribution in [1.82, 2.24) is 0 Å². The second-order valence-corrected chi connectivity index (χ2v) is 16.1. The van der Waals surface area contributed by atoms with Crippen LogP contribution < -0.4 is 0 Å². The molecule has 0 aromatic carbocycles. The van der Waals surface area contributed by atoms with Gasteiger partial charge in [-0.05, 0) is 171 Å². The van der Waals surface area contributed by atoms with Gasteiger partial charge in [0.25, 0.3) is 0 Å². The number of fused-ring (bicyclic) bond motifs is 1. The van der Waals surface area contributed by atoms with Gasteiger partial charge in [0.15, 0.2) is 0 Å². The standard InChI is InChI=1S/C33H48/c1-4-18-13-21-11-8-17-9-12-22-14-20-10-7-16-3-2-6-23-24-15-19(5-1)25(18)32-29(21)27(17)30(22)33(31(24)32)28(20)26(16)23/h16-33H,1-15H2. The van der Waals surface area contributed by atoms with Crippen LogP contribution in [0.25, 0.3) is 0 Å². The maximum atomic E-state index is 1.73. The minimum atomic E-state index is 1.17. The average molecular weight is 445 g/mol. The molecule has 18 atom stereocenters. The molecule has 0 N–H and O–H groups in total. The molecular formula is C33H48. The quantitative estimate of drug-likeness (QED) is 0.354. The molecule has 0 amide bonds. The highest BCUT2D eigenvalue weighted by Crippen LogP contribution is 2.78.